The standard InChI is InChI=1S/C6H6O5/c1-3(7)4(6(10)11)2-5(8)9/h2H,1H3,(H,8,9)(H,10,11)/b4-2+. The first kappa shape index (κ1) is 9.35. The van der Waals surface area contributed by atoms with Gasteiger partial charge in [-0.15, -0.1) is 0 Å². The number of carbonyl (C=O) groups is 3. The molecule has 0 heterocycles. The van der Waals surface area contributed by atoms with Gasteiger partial charge in [-0.25, -0.2) is 9.59 Å². The van der Waals surface area contributed by atoms with Gasteiger partial charge in [0, 0.05) is 6.08 Å². The molecule has 0 saturated carbocycles. The summed E-state index contributed by atoms with van der Waals surface area (Å²) in [5.74, 6) is -3.75. The Balaban J connectivity index is 4.75. The van der Waals surface area contributed by atoms with Gasteiger partial charge in [-0.05, 0) is 6.92 Å². The molecule has 0 atom stereocenters. The smallest absolute Gasteiger partial charge is 0.339 e. The van der Waals surface area contributed by atoms with Crippen LogP contribution in [-0.4, -0.2) is 27.9 Å². The number of rotatable bonds is 3. The highest BCUT2D eigenvalue weighted by atomic mass is 16.4. The summed E-state index contributed by atoms with van der Waals surface area (Å²) in [5.41, 5.74) is -0.725. The molecule has 0 fully saturated rings. The maximum atomic E-state index is 10.4. The van der Waals surface area contributed by atoms with Crippen LogP contribution in [-0.2, 0) is 14.4 Å². The third-order valence-electron chi connectivity index (χ3n) is 0.878. The molecule has 0 radical (unpaired) electrons. The fraction of sp³-hybridized carbons (Fsp3) is 0.167. The number of carboxylic acids is 2. The summed E-state index contributed by atoms with van der Waals surface area (Å²) in [6.45, 7) is 0.989. The second-order valence-corrected chi connectivity index (χ2v) is 1.76. The first-order valence-electron chi connectivity index (χ1n) is 2.64. The maximum Gasteiger partial charge on any atom is 0.339 e. The van der Waals surface area contributed by atoms with Gasteiger partial charge in [-0.2, -0.15) is 0 Å². The van der Waals surface area contributed by atoms with Crippen molar-refractivity contribution in [2.24, 2.45) is 0 Å². The zero-order chi connectivity index (χ0) is 9.02. The van der Waals surface area contributed by atoms with E-state index in [-0.39, 0.29) is 0 Å². The predicted octanol–water partition coefficient (Wildman–Crippen LogP) is -0.329. The molecule has 0 saturated heterocycles. The zero-order valence-electron chi connectivity index (χ0n) is 5.70. The highest BCUT2D eigenvalue weighted by Crippen LogP contribution is 1.95. The first-order chi connectivity index (χ1) is 4.95. The molecule has 0 spiro atoms. The lowest BCUT2D eigenvalue weighted by Crippen LogP contribution is -2.10. The van der Waals surface area contributed by atoms with Gasteiger partial charge >= 0.3 is 11.9 Å². The molecule has 60 valence electrons. The molecule has 0 unspecified atom stereocenters. The Labute approximate surface area is 61.9 Å². The summed E-state index contributed by atoms with van der Waals surface area (Å²) in [5, 5.41) is 16.3. The van der Waals surface area contributed by atoms with Crippen LogP contribution in [0.5, 0.6) is 0 Å². The fourth-order valence-electron chi connectivity index (χ4n) is 0.437. The van der Waals surface area contributed by atoms with E-state index in [1.54, 1.807) is 0 Å². The normalized spacial score (nSPS) is 10.8. The lowest BCUT2D eigenvalue weighted by molar-refractivity contribution is -0.136. The predicted molar refractivity (Wildman–Crippen MR) is 34.0 cm³/mol. The zero-order valence-corrected chi connectivity index (χ0v) is 5.70. The van der Waals surface area contributed by atoms with Crippen LogP contribution in [0.2, 0.25) is 0 Å². The Bertz CT molecular complexity index is 221. The molecule has 0 aliphatic carbocycles. The van der Waals surface area contributed by atoms with Crippen LogP contribution in [0.15, 0.2) is 11.6 Å². The highest BCUT2D eigenvalue weighted by molar-refractivity contribution is 6.18. The van der Waals surface area contributed by atoms with Crippen LogP contribution in [0.25, 0.3) is 0 Å². The Morgan fingerprint density at radius 3 is 1.73 bits per heavy atom. The molecular formula is C6H6O5. The Morgan fingerprint density at radius 1 is 1.18 bits per heavy atom. The van der Waals surface area contributed by atoms with Crippen LogP contribution < -0.4 is 0 Å². The van der Waals surface area contributed by atoms with Gasteiger partial charge in [0.25, 0.3) is 0 Å². The lowest BCUT2D eigenvalue weighted by Gasteiger charge is -1.91. The number of hydrogen-bond donors (Lipinski definition) is 2. The van der Waals surface area contributed by atoms with Crippen molar-refractivity contribution in [3.63, 3.8) is 0 Å². The number of carboxylic acid groups (broad SMARTS) is 2. The van der Waals surface area contributed by atoms with Crippen molar-refractivity contribution in [3.8, 4) is 0 Å². The minimum absolute atomic E-state index is 0.366. The van der Waals surface area contributed by atoms with Crippen LogP contribution in [0.4, 0.5) is 0 Å². The van der Waals surface area contributed by atoms with E-state index < -0.39 is 23.3 Å². The second kappa shape index (κ2) is 3.50. The Kier molecular flexibility index (Phi) is 2.98. The Morgan fingerprint density at radius 2 is 1.64 bits per heavy atom. The lowest BCUT2D eigenvalue weighted by atomic mass is 10.2. The minimum Gasteiger partial charge on any atom is -0.478 e. The van der Waals surface area contributed by atoms with Gasteiger partial charge in [0.15, 0.2) is 5.78 Å². The molecule has 0 bridgehead atoms. The van der Waals surface area contributed by atoms with Crippen molar-refractivity contribution in [1.82, 2.24) is 0 Å². The van der Waals surface area contributed by atoms with E-state index in [4.69, 9.17) is 10.2 Å². The van der Waals surface area contributed by atoms with Gasteiger partial charge < -0.3 is 10.2 Å². The summed E-state index contributed by atoms with van der Waals surface area (Å²) in [7, 11) is 0. The van der Waals surface area contributed by atoms with E-state index in [1.165, 1.54) is 0 Å². The van der Waals surface area contributed by atoms with Gasteiger partial charge in [0.2, 0.25) is 0 Å². The molecular weight excluding hydrogens is 152 g/mol. The SMILES string of the molecule is CC(=O)/C(=C\C(=O)O)C(=O)O. The van der Waals surface area contributed by atoms with Crippen LogP contribution in [0.3, 0.4) is 0 Å². The van der Waals surface area contributed by atoms with Gasteiger partial charge in [-0.3, -0.25) is 4.79 Å². The van der Waals surface area contributed by atoms with Gasteiger partial charge in [0.05, 0.1) is 0 Å². The van der Waals surface area contributed by atoms with Gasteiger partial charge in [-0.1, -0.05) is 0 Å². The van der Waals surface area contributed by atoms with Crippen LogP contribution >= 0.6 is 0 Å². The number of hydrogen-bond acceptors (Lipinski definition) is 3. The summed E-state index contributed by atoms with van der Waals surface area (Å²) >= 11 is 0. The van der Waals surface area contributed by atoms with E-state index in [9.17, 15) is 14.4 Å². The number of carbonyl (C=O) groups excluding carboxylic acids is 1. The van der Waals surface area contributed by atoms with E-state index in [0.717, 1.165) is 6.92 Å². The molecule has 11 heavy (non-hydrogen) atoms. The Hall–Kier alpha value is -1.65. The van der Waals surface area contributed by atoms with Crippen LogP contribution in [0, 0.1) is 0 Å². The molecule has 0 aliphatic rings. The van der Waals surface area contributed by atoms with E-state index in [1.807, 2.05) is 0 Å². The maximum absolute atomic E-state index is 10.4. The molecule has 2 N–H and O–H groups in total. The highest BCUT2D eigenvalue weighted by Gasteiger charge is 2.13. The fourth-order valence-corrected chi connectivity index (χ4v) is 0.437. The van der Waals surface area contributed by atoms with Crippen molar-refractivity contribution < 1.29 is 24.6 Å². The molecule has 0 aromatic carbocycles. The van der Waals surface area contributed by atoms with E-state index in [0.29, 0.717) is 6.08 Å². The van der Waals surface area contributed by atoms with E-state index in [2.05, 4.69) is 0 Å². The monoisotopic (exact) mass is 158 g/mol. The van der Waals surface area contributed by atoms with Crippen molar-refractivity contribution in [3.05, 3.63) is 11.6 Å². The molecule has 0 aromatic heterocycles. The molecule has 0 aromatic rings. The summed E-state index contributed by atoms with van der Waals surface area (Å²) in [4.78, 5) is 30.5. The molecule has 0 aliphatic heterocycles. The largest absolute Gasteiger partial charge is 0.478 e. The third-order valence-corrected chi connectivity index (χ3v) is 0.878. The summed E-state index contributed by atoms with van der Waals surface area (Å²) < 4.78 is 0. The summed E-state index contributed by atoms with van der Waals surface area (Å²) in [6, 6.07) is 0. The third kappa shape index (κ3) is 3.14. The molecule has 0 amide bonds. The van der Waals surface area contributed by atoms with E-state index >= 15 is 0 Å². The minimum atomic E-state index is -1.53. The summed E-state index contributed by atoms with van der Waals surface area (Å²) in [6.07, 6.45) is 0.366. The number of Topliss-reactive ketones (excluding diaryl/α,β-unsaturated/α-hetero) is 1. The average molecular weight is 158 g/mol. The first-order valence-corrected chi connectivity index (χ1v) is 2.64. The molecule has 5 nitrogen and oxygen atoms in total. The molecule has 5 heteroatoms. The van der Waals surface area contributed by atoms with Crippen molar-refractivity contribution in [1.29, 1.82) is 0 Å². The number of aliphatic carboxylic acids is 2. The average Bonchev–Trinajstić information content (AvgIpc) is 1.81. The van der Waals surface area contributed by atoms with Crippen molar-refractivity contribution >= 4 is 17.7 Å². The van der Waals surface area contributed by atoms with Crippen LogP contribution in [0.1, 0.15) is 6.92 Å². The van der Waals surface area contributed by atoms with Crippen molar-refractivity contribution in [2.45, 2.75) is 6.92 Å². The number of ketones is 1. The van der Waals surface area contributed by atoms with Crippen molar-refractivity contribution in [2.75, 3.05) is 0 Å². The topological polar surface area (TPSA) is 91.7 Å². The second-order valence-electron chi connectivity index (χ2n) is 1.76. The van der Waals surface area contributed by atoms with Gasteiger partial charge in [0.1, 0.15) is 5.57 Å². The molecule has 0 rings (SSSR count). The quantitative estimate of drug-likeness (QED) is 0.333.